The van der Waals surface area contributed by atoms with Gasteiger partial charge in [-0.25, -0.2) is 4.39 Å². The number of carbonyl (C=O) groups is 2. The Morgan fingerprint density at radius 1 is 1.41 bits per heavy atom. The molecule has 3 nitrogen and oxygen atoms in total. The molecule has 0 saturated heterocycles. The van der Waals surface area contributed by atoms with E-state index in [0.29, 0.717) is 5.56 Å². The molecule has 0 aromatic heterocycles. The van der Waals surface area contributed by atoms with Crippen molar-refractivity contribution in [2.75, 3.05) is 13.6 Å². The van der Waals surface area contributed by atoms with Crippen LogP contribution in [0.25, 0.3) is 0 Å². The molecule has 0 radical (unpaired) electrons. The molecule has 0 fully saturated rings. The van der Waals surface area contributed by atoms with Crippen LogP contribution in [0.15, 0.2) is 12.1 Å². The van der Waals surface area contributed by atoms with Gasteiger partial charge in [0.2, 0.25) is 0 Å². The summed E-state index contributed by atoms with van der Waals surface area (Å²) in [6.45, 7) is 2.92. The van der Waals surface area contributed by atoms with Crippen LogP contribution >= 0.6 is 11.6 Å². The molecule has 17 heavy (non-hydrogen) atoms. The quantitative estimate of drug-likeness (QED) is 0.834. The molecule has 92 valence electrons. The normalized spacial score (nSPS) is 10.2. The Bertz CT molecular complexity index is 474. The van der Waals surface area contributed by atoms with E-state index in [4.69, 9.17) is 11.6 Å². The lowest BCUT2D eigenvalue weighted by Gasteiger charge is -2.16. The molecule has 0 N–H and O–H groups in total. The highest BCUT2D eigenvalue weighted by atomic mass is 35.5. The van der Waals surface area contributed by atoms with Gasteiger partial charge in [0.1, 0.15) is 11.6 Å². The number of amides is 1. The highest BCUT2D eigenvalue weighted by molar-refractivity contribution is 6.33. The van der Waals surface area contributed by atoms with Crippen molar-refractivity contribution >= 4 is 23.3 Å². The monoisotopic (exact) mass is 257 g/mol. The molecule has 0 spiro atoms. The number of hydrogen-bond acceptors (Lipinski definition) is 2. The first-order chi connectivity index (χ1) is 7.82. The third kappa shape index (κ3) is 3.27. The van der Waals surface area contributed by atoms with Crippen molar-refractivity contribution in [3.63, 3.8) is 0 Å². The van der Waals surface area contributed by atoms with Gasteiger partial charge < -0.3 is 4.90 Å². The largest absolute Gasteiger partial charge is 0.334 e. The molecule has 5 heteroatoms. The zero-order valence-electron chi connectivity index (χ0n) is 9.88. The van der Waals surface area contributed by atoms with Gasteiger partial charge in [-0.3, -0.25) is 9.59 Å². The van der Waals surface area contributed by atoms with Gasteiger partial charge >= 0.3 is 0 Å². The van der Waals surface area contributed by atoms with E-state index < -0.39 is 11.7 Å². The SMILES string of the molecule is CC(=O)CN(C)C(=O)c1cc(F)c(C)cc1Cl. The molecule has 0 aliphatic rings. The van der Waals surface area contributed by atoms with Crippen molar-refractivity contribution < 1.29 is 14.0 Å². The molecular formula is C12H13ClFNO2. The summed E-state index contributed by atoms with van der Waals surface area (Å²) in [5.41, 5.74) is 0.444. The van der Waals surface area contributed by atoms with Gasteiger partial charge in [0.15, 0.2) is 0 Å². The summed E-state index contributed by atoms with van der Waals surface area (Å²) in [5.74, 6) is -1.11. The van der Waals surface area contributed by atoms with Crippen molar-refractivity contribution in [2.45, 2.75) is 13.8 Å². The van der Waals surface area contributed by atoms with Crippen LogP contribution < -0.4 is 0 Å². The molecule has 0 unspecified atom stereocenters. The van der Waals surface area contributed by atoms with E-state index in [1.807, 2.05) is 0 Å². The van der Waals surface area contributed by atoms with Gasteiger partial charge in [-0.05, 0) is 31.5 Å². The van der Waals surface area contributed by atoms with Gasteiger partial charge in [-0.2, -0.15) is 0 Å². The number of carbonyl (C=O) groups excluding carboxylic acids is 2. The molecule has 1 aromatic carbocycles. The second-order valence-corrected chi connectivity index (χ2v) is 4.35. The smallest absolute Gasteiger partial charge is 0.255 e. The summed E-state index contributed by atoms with van der Waals surface area (Å²) >= 11 is 5.88. The Kier molecular flexibility index (Phi) is 4.23. The first kappa shape index (κ1) is 13.6. The van der Waals surface area contributed by atoms with Crippen molar-refractivity contribution in [3.05, 3.63) is 34.1 Å². The number of halogens is 2. The Morgan fingerprint density at radius 2 is 2.00 bits per heavy atom. The molecule has 1 amide bonds. The fraction of sp³-hybridized carbons (Fsp3) is 0.333. The van der Waals surface area contributed by atoms with Gasteiger partial charge in [0.25, 0.3) is 5.91 Å². The summed E-state index contributed by atoms with van der Waals surface area (Å²) in [5, 5.41) is 0.185. The number of benzene rings is 1. The number of likely N-dealkylation sites (N-methyl/N-ethyl adjacent to an activating group) is 1. The van der Waals surface area contributed by atoms with Crippen LogP contribution in [0.3, 0.4) is 0 Å². The number of ketones is 1. The lowest BCUT2D eigenvalue weighted by atomic mass is 10.1. The zero-order chi connectivity index (χ0) is 13.2. The summed E-state index contributed by atoms with van der Waals surface area (Å²) in [4.78, 5) is 24.0. The Morgan fingerprint density at radius 3 is 2.53 bits per heavy atom. The van der Waals surface area contributed by atoms with E-state index in [-0.39, 0.29) is 22.9 Å². The minimum absolute atomic E-state index is 0.0232. The fourth-order valence-corrected chi connectivity index (χ4v) is 1.72. The molecule has 0 heterocycles. The summed E-state index contributed by atoms with van der Waals surface area (Å²) in [7, 11) is 1.47. The van der Waals surface area contributed by atoms with Crippen LogP contribution in [-0.4, -0.2) is 30.2 Å². The zero-order valence-corrected chi connectivity index (χ0v) is 10.6. The summed E-state index contributed by atoms with van der Waals surface area (Å²) in [6.07, 6.45) is 0. The van der Waals surface area contributed by atoms with Crippen molar-refractivity contribution in [1.82, 2.24) is 4.90 Å². The van der Waals surface area contributed by atoms with Crippen molar-refractivity contribution in [3.8, 4) is 0 Å². The van der Waals surface area contributed by atoms with E-state index in [2.05, 4.69) is 0 Å². The van der Waals surface area contributed by atoms with E-state index >= 15 is 0 Å². The standard InChI is InChI=1S/C12H13ClFNO2/c1-7-4-10(13)9(5-11(7)14)12(17)15(3)6-8(2)16/h4-5H,6H2,1-3H3. The fourth-order valence-electron chi connectivity index (χ4n) is 1.42. The Balaban J connectivity index is 3.04. The predicted molar refractivity (Wildman–Crippen MR) is 63.8 cm³/mol. The minimum Gasteiger partial charge on any atom is -0.334 e. The number of rotatable bonds is 3. The van der Waals surface area contributed by atoms with E-state index in [9.17, 15) is 14.0 Å². The summed E-state index contributed by atoms with van der Waals surface area (Å²) < 4.78 is 13.3. The maximum Gasteiger partial charge on any atom is 0.255 e. The van der Waals surface area contributed by atoms with Crippen LogP contribution in [0, 0.1) is 12.7 Å². The Hall–Kier alpha value is -1.42. The molecule has 0 aliphatic carbocycles. The average Bonchev–Trinajstić information content (AvgIpc) is 2.21. The van der Waals surface area contributed by atoms with E-state index in [0.717, 1.165) is 6.07 Å². The number of Topliss-reactive ketones (excluding diaryl/α,β-unsaturated/α-hetero) is 1. The van der Waals surface area contributed by atoms with E-state index in [1.54, 1.807) is 6.92 Å². The molecule has 0 saturated carbocycles. The Labute approximate surface area is 104 Å². The number of nitrogens with zero attached hydrogens (tertiary/aromatic N) is 1. The number of hydrogen-bond donors (Lipinski definition) is 0. The summed E-state index contributed by atoms with van der Waals surface area (Å²) in [6, 6.07) is 2.49. The maximum absolute atomic E-state index is 13.3. The molecule has 1 rings (SSSR count). The van der Waals surface area contributed by atoms with Crippen LogP contribution in [0.2, 0.25) is 5.02 Å². The second kappa shape index (κ2) is 5.27. The predicted octanol–water partition coefficient (Wildman–Crippen LogP) is 2.45. The van der Waals surface area contributed by atoms with Gasteiger partial charge in [0.05, 0.1) is 17.1 Å². The third-order valence-electron chi connectivity index (χ3n) is 2.29. The topological polar surface area (TPSA) is 37.4 Å². The highest BCUT2D eigenvalue weighted by Gasteiger charge is 2.17. The van der Waals surface area contributed by atoms with Gasteiger partial charge in [-0.1, -0.05) is 11.6 Å². The second-order valence-electron chi connectivity index (χ2n) is 3.94. The first-order valence-electron chi connectivity index (χ1n) is 5.03. The van der Waals surface area contributed by atoms with Crippen molar-refractivity contribution in [2.24, 2.45) is 0 Å². The lowest BCUT2D eigenvalue weighted by molar-refractivity contribution is -0.117. The molecular weight excluding hydrogens is 245 g/mol. The number of aryl methyl sites for hydroxylation is 1. The first-order valence-corrected chi connectivity index (χ1v) is 5.41. The minimum atomic E-state index is -0.492. The van der Waals surface area contributed by atoms with Crippen LogP contribution in [-0.2, 0) is 4.79 Å². The maximum atomic E-state index is 13.3. The highest BCUT2D eigenvalue weighted by Crippen LogP contribution is 2.21. The molecule has 0 bridgehead atoms. The van der Waals surface area contributed by atoms with Gasteiger partial charge in [-0.15, -0.1) is 0 Å². The van der Waals surface area contributed by atoms with Crippen LogP contribution in [0.5, 0.6) is 0 Å². The average molecular weight is 258 g/mol. The van der Waals surface area contributed by atoms with Gasteiger partial charge in [0, 0.05) is 7.05 Å². The molecule has 0 aliphatic heterocycles. The molecule has 0 atom stereocenters. The van der Waals surface area contributed by atoms with Crippen LogP contribution in [0.1, 0.15) is 22.8 Å². The van der Waals surface area contributed by atoms with Crippen LogP contribution in [0.4, 0.5) is 4.39 Å². The van der Waals surface area contributed by atoms with Crippen molar-refractivity contribution in [1.29, 1.82) is 0 Å². The third-order valence-corrected chi connectivity index (χ3v) is 2.60. The lowest BCUT2D eigenvalue weighted by Crippen LogP contribution is -2.31. The molecule has 1 aromatic rings. The van der Waals surface area contributed by atoms with E-state index in [1.165, 1.54) is 24.9 Å².